The molecule has 2 N–H and O–H groups in total. The van der Waals surface area contributed by atoms with Crippen LogP contribution in [0.2, 0.25) is 0 Å². The zero-order chi connectivity index (χ0) is 17.0. The maximum atomic E-state index is 5.38. The van der Waals surface area contributed by atoms with E-state index in [1.807, 2.05) is 0 Å². The van der Waals surface area contributed by atoms with E-state index in [1.54, 1.807) is 0 Å². The lowest BCUT2D eigenvalue weighted by molar-refractivity contribution is 0.0372. The molecule has 0 spiro atoms. The van der Waals surface area contributed by atoms with Gasteiger partial charge in [-0.1, -0.05) is 29.8 Å². The van der Waals surface area contributed by atoms with Gasteiger partial charge in [0, 0.05) is 26.2 Å². The quantitative estimate of drug-likeness (QED) is 0.435. The van der Waals surface area contributed by atoms with Gasteiger partial charge in [-0.05, 0) is 38.8 Å². The van der Waals surface area contributed by atoms with E-state index in [0.717, 1.165) is 51.8 Å². The Labute approximate surface area is 146 Å². The fourth-order valence-corrected chi connectivity index (χ4v) is 2.81. The van der Waals surface area contributed by atoms with Crippen molar-refractivity contribution in [3.05, 3.63) is 35.4 Å². The largest absolute Gasteiger partial charge is 0.379 e. The van der Waals surface area contributed by atoms with Gasteiger partial charge in [0.1, 0.15) is 0 Å². The van der Waals surface area contributed by atoms with Crippen molar-refractivity contribution in [2.24, 2.45) is 4.99 Å². The molecular formula is C19H32N4O. The summed E-state index contributed by atoms with van der Waals surface area (Å²) in [4.78, 5) is 7.17. The summed E-state index contributed by atoms with van der Waals surface area (Å²) in [6.45, 7) is 11.9. The maximum absolute atomic E-state index is 5.38. The van der Waals surface area contributed by atoms with E-state index in [0.29, 0.717) is 6.54 Å². The maximum Gasteiger partial charge on any atom is 0.191 e. The van der Waals surface area contributed by atoms with Crippen LogP contribution >= 0.6 is 0 Å². The lowest BCUT2D eigenvalue weighted by atomic mass is 10.1. The van der Waals surface area contributed by atoms with Crippen LogP contribution in [-0.4, -0.2) is 56.8 Å². The van der Waals surface area contributed by atoms with Gasteiger partial charge in [0.2, 0.25) is 0 Å². The fraction of sp³-hybridized carbons (Fsp3) is 0.632. The lowest BCUT2D eigenvalue weighted by Gasteiger charge is -2.26. The van der Waals surface area contributed by atoms with E-state index < -0.39 is 0 Å². The van der Waals surface area contributed by atoms with Crippen molar-refractivity contribution < 1.29 is 4.74 Å². The number of benzene rings is 1. The second kappa shape index (κ2) is 11.0. The normalized spacial score (nSPS) is 16.2. The smallest absolute Gasteiger partial charge is 0.191 e. The number of hydrogen-bond acceptors (Lipinski definition) is 3. The Morgan fingerprint density at radius 1 is 1.21 bits per heavy atom. The number of nitrogens with one attached hydrogen (secondary N) is 2. The molecule has 0 bridgehead atoms. The SMILES string of the molecule is CCNC(=NCc1cccc(C)c1)NCCCCN1CCOCC1. The first kappa shape index (κ1) is 18.7. The molecule has 0 aromatic heterocycles. The first-order valence-electron chi connectivity index (χ1n) is 9.16. The minimum absolute atomic E-state index is 0.713. The first-order chi connectivity index (χ1) is 11.8. The van der Waals surface area contributed by atoms with Crippen molar-refractivity contribution in [2.75, 3.05) is 45.9 Å². The zero-order valence-corrected chi connectivity index (χ0v) is 15.2. The third kappa shape index (κ3) is 7.32. The molecule has 1 heterocycles. The Bertz CT molecular complexity index is 498. The molecule has 1 fully saturated rings. The third-order valence-electron chi connectivity index (χ3n) is 4.14. The molecular weight excluding hydrogens is 300 g/mol. The second-order valence-corrected chi connectivity index (χ2v) is 6.27. The van der Waals surface area contributed by atoms with Crippen LogP contribution in [0, 0.1) is 6.92 Å². The highest BCUT2D eigenvalue weighted by molar-refractivity contribution is 5.79. The van der Waals surface area contributed by atoms with Crippen molar-refractivity contribution in [1.82, 2.24) is 15.5 Å². The molecule has 0 aliphatic carbocycles. The number of unbranched alkanes of at least 4 members (excludes halogenated alkanes) is 1. The molecule has 1 aliphatic rings. The van der Waals surface area contributed by atoms with Crippen LogP contribution in [0.1, 0.15) is 30.9 Å². The van der Waals surface area contributed by atoms with E-state index in [1.165, 1.54) is 24.1 Å². The first-order valence-corrected chi connectivity index (χ1v) is 9.16. The Hall–Kier alpha value is -1.59. The summed E-state index contributed by atoms with van der Waals surface area (Å²) >= 11 is 0. The van der Waals surface area contributed by atoms with Gasteiger partial charge < -0.3 is 15.4 Å². The molecule has 24 heavy (non-hydrogen) atoms. The topological polar surface area (TPSA) is 48.9 Å². The highest BCUT2D eigenvalue weighted by Crippen LogP contribution is 2.05. The van der Waals surface area contributed by atoms with Crippen LogP contribution in [0.5, 0.6) is 0 Å². The molecule has 5 heteroatoms. The predicted octanol–water partition coefficient (Wildman–Crippen LogP) is 2.16. The van der Waals surface area contributed by atoms with Crippen LogP contribution < -0.4 is 10.6 Å². The molecule has 2 rings (SSSR count). The Kier molecular flexibility index (Phi) is 8.63. The highest BCUT2D eigenvalue weighted by Gasteiger charge is 2.09. The summed E-state index contributed by atoms with van der Waals surface area (Å²) in [5.41, 5.74) is 2.53. The molecule has 0 saturated carbocycles. The molecule has 1 aromatic carbocycles. The van der Waals surface area contributed by atoms with Crippen LogP contribution in [0.15, 0.2) is 29.3 Å². The van der Waals surface area contributed by atoms with Gasteiger partial charge in [-0.25, -0.2) is 4.99 Å². The number of aliphatic imine (C=N–C) groups is 1. The van der Waals surface area contributed by atoms with Gasteiger partial charge >= 0.3 is 0 Å². The van der Waals surface area contributed by atoms with Gasteiger partial charge in [0.05, 0.1) is 19.8 Å². The molecule has 1 aliphatic heterocycles. The predicted molar refractivity (Wildman–Crippen MR) is 100 cm³/mol. The van der Waals surface area contributed by atoms with Gasteiger partial charge in [-0.15, -0.1) is 0 Å². The van der Waals surface area contributed by atoms with E-state index in [-0.39, 0.29) is 0 Å². The Morgan fingerprint density at radius 3 is 2.79 bits per heavy atom. The molecule has 0 radical (unpaired) electrons. The second-order valence-electron chi connectivity index (χ2n) is 6.27. The van der Waals surface area contributed by atoms with Gasteiger partial charge in [0.15, 0.2) is 5.96 Å². The van der Waals surface area contributed by atoms with E-state index >= 15 is 0 Å². The number of ether oxygens (including phenoxy) is 1. The van der Waals surface area contributed by atoms with Gasteiger partial charge in [0.25, 0.3) is 0 Å². The van der Waals surface area contributed by atoms with Crippen molar-refractivity contribution in [3.8, 4) is 0 Å². The van der Waals surface area contributed by atoms with Crippen LogP contribution in [0.25, 0.3) is 0 Å². The average Bonchev–Trinajstić information content (AvgIpc) is 2.60. The zero-order valence-electron chi connectivity index (χ0n) is 15.2. The molecule has 134 valence electrons. The van der Waals surface area contributed by atoms with Crippen LogP contribution in [-0.2, 0) is 11.3 Å². The van der Waals surface area contributed by atoms with E-state index in [9.17, 15) is 0 Å². The Balaban J connectivity index is 1.67. The summed E-state index contributed by atoms with van der Waals surface area (Å²) < 4.78 is 5.38. The summed E-state index contributed by atoms with van der Waals surface area (Å²) in [6.07, 6.45) is 2.37. The number of guanidine groups is 1. The monoisotopic (exact) mass is 332 g/mol. The van der Waals surface area contributed by atoms with Crippen LogP contribution in [0.4, 0.5) is 0 Å². The molecule has 1 saturated heterocycles. The molecule has 0 amide bonds. The minimum atomic E-state index is 0.713. The van der Waals surface area contributed by atoms with E-state index in [4.69, 9.17) is 4.74 Å². The Morgan fingerprint density at radius 2 is 2.04 bits per heavy atom. The molecule has 0 atom stereocenters. The standard InChI is InChI=1S/C19H32N4O/c1-3-20-19(22-16-18-8-6-7-17(2)15-18)21-9-4-5-10-23-11-13-24-14-12-23/h6-8,15H,3-5,9-14,16H2,1-2H3,(H2,20,21,22). The molecule has 0 unspecified atom stereocenters. The van der Waals surface area contributed by atoms with Crippen molar-refractivity contribution in [1.29, 1.82) is 0 Å². The number of morpholine rings is 1. The third-order valence-corrected chi connectivity index (χ3v) is 4.14. The summed E-state index contributed by atoms with van der Waals surface area (Å²) in [7, 11) is 0. The number of rotatable bonds is 8. The van der Waals surface area contributed by atoms with Gasteiger partial charge in [-0.2, -0.15) is 0 Å². The van der Waals surface area contributed by atoms with Crippen molar-refractivity contribution in [3.63, 3.8) is 0 Å². The summed E-state index contributed by atoms with van der Waals surface area (Å²) in [6, 6.07) is 8.52. The van der Waals surface area contributed by atoms with Gasteiger partial charge in [-0.3, -0.25) is 4.90 Å². The van der Waals surface area contributed by atoms with E-state index in [2.05, 4.69) is 58.6 Å². The highest BCUT2D eigenvalue weighted by atomic mass is 16.5. The summed E-state index contributed by atoms with van der Waals surface area (Å²) in [5.74, 6) is 0.908. The number of hydrogen-bond donors (Lipinski definition) is 2. The lowest BCUT2D eigenvalue weighted by Crippen LogP contribution is -2.39. The number of nitrogens with zero attached hydrogens (tertiary/aromatic N) is 2. The number of aryl methyl sites for hydroxylation is 1. The fourth-order valence-electron chi connectivity index (χ4n) is 2.81. The summed E-state index contributed by atoms with van der Waals surface area (Å²) in [5, 5.41) is 6.76. The molecule has 1 aromatic rings. The van der Waals surface area contributed by atoms with Crippen molar-refractivity contribution >= 4 is 5.96 Å². The minimum Gasteiger partial charge on any atom is -0.379 e. The average molecular weight is 332 g/mol. The van der Waals surface area contributed by atoms with Crippen molar-refractivity contribution in [2.45, 2.75) is 33.2 Å². The molecule has 5 nitrogen and oxygen atoms in total. The van der Waals surface area contributed by atoms with Crippen LogP contribution in [0.3, 0.4) is 0 Å².